The molecule has 6 N–H and O–H groups in total. The second kappa shape index (κ2) is 6.37. The minimum Gasteiger partial charge on any atom is -0.513 e. The van der Waals surface area contributed by atoms with Crippen LogP contribution in [0.1, 0.15) is 11.3 Å². The van der Waals surface area contributed by atoms with Crippen molar-refractivity contribution in [3.63, 3.8) is 0 Å². The zero-order valence-corrected chi connectivity index (χ0v) is 12.9. The third kappa shape index (κ3) is 3.49. The molecule has 122 valence electrons. The van der Waals surface area contributed by atoms with Gasteiger partial charge in [-0.25, -0.2) is 9.97 Å². The molecule has 0 bridgehead atoms. The third-order valence-corrected chi connectivity index (χ3v) is 3.34. The van der Waals surface area contributed by atoms with Crippen LogP contribution in [0.4, 0.5) is 17.5 Å². The van der Waals surface area contributed by atoms with Crippen molar-refractivity contribution in [2.75, 3.05) is 16.8 Å². The van der Waals surface area contributed by atoms with Crippen molar-refractivity contribution >= 4 is 28.6 Å². The number of rotatable bonds is 5. The molecule has 0 unspecified atom stereocenters. The zero-order valence-electron chi connectivity index (χ0n) is 12.9. The van der Waals surface area contributed by atoms with Gasteiger partial charge in [0.1, 0.15) is 0 Å². The zero-order chi connectivity index (χ0) is 17.1. The maximum absolute atomic E-state index is 9.20. The van der Waals surface area contributed by atoms with Crippen LogP contribution in [0, 0.1) is 0 Å². The summed E-state index contributed by atoms with van der Waals surface area (Å²) in [5.74, 6) is 0.425. The van der Waals surface area contributed by atoms with Crippen LogP contribution in [-0.4, -0.2) is 25.0 Å². The highest BCUT2D eigenvalue weighted by Crippen LogP contribution is 2.16. The molecular formula is C16H17N7O. The summed E-state index contributed by atoms with van der Waals surface area (Å²) in [6.45, 7) is 3.95. The smallest absolute Gasteiger partial charge is 0.224 e. The molecule has 8 heteroatoms. The summed E-state index contributed by atoms with van der Waals surface area (Å²) in [5.41, 5.74) is 14.8. The highest BCUT2D eigenvalue weighted by Gasteiger charge is 2.07. The molecule has 2 aromatic heterocycles. The van der Waals surface area contributed by atoms with E-state index >= 15 is 0 Å². The van der Waals surface area contributed by atoms with Gasteiger partial charge in [-0.05, 0) is 17.7 Å². The molecule has 0 aliphatic carbocycles. The number of benzene rings is 1. The maximum Gasteiger partial charge on any atom is 0.224 e. The Kier molecular flexibility index (Phi) is 4.11. The average Bonchev–Trinajstić information content (AvgIpc) is 2.54. The van der Waals surface area contributed by atoms with Crippen molar-refractivity contribution in [3.05, 3.63) is 54.1 Å². The Morgan fingerprint density at radius 2 is 1.88 bits per heavy atom. The van der Waals surface area contributed by atoms with Crippen molar-refractivity contribution < 1.29 is 5.11 Å². The van der Waals surface area contributed by atoms with Crippen molar-refractivity contribution in [3.8, 4) is 0 Å². The number of nitrogens with zero attached hydrogens (tertiary/aromatic N) is 4. The first-order chi connectivity index (χ1) is 11.5. The van der Waals surface area contributed by atoms with Gasteiger partial charge in [0.2, 0.25) is 5.95 Å². The van der Waals surface area contributed by atoms with E-state index in [0.717, 1.165) is 11.3 Å². The lowest BCUT2D eigenvalue weighted by atomic mass is 10.1. The number of aromatic nitrogens is 4. The fourth-order valence-electron chi connectivity index (χ4n) is 2.24. The molecule has 0 fully saturated rings. The maximum atomic E-state index is 9.20. The van der Waals surface area contributed by atoms with Crippen molar-refractivity contribution in [1.82, 2.24) is 19.9 Å². The first kappa shape index (κ1) is 15.5. The number of anilines is 3. The molecule has 24 heavy (non-hydrogen) atoms. The molecule has 0 aliphatic rings. The molecule has 3 aromatic rings. The largest absolute Gasteiger partial charge is 0.513 e. The third-order valence-electron chi connectivity index (χ3n) is 3.34. The lowest BCUT2D eigenvalue weighted by Crippen LogP contribution is -2.07. The summed E-state index contributed by atoms with van der Waals surface area (Å²) in [6, 6.07) is 7.69. The summed E-state index contributed by atoms with van der Waals surface area (Å²) in [6.07, 6.45) is 2.06. The van der Waals surface area contributed by atoms with Crippen LogP contribution in [-0.2, 0) is 13.0 Å². The van der Waals surface area contributed by atoms with Gasteiger partial charge in [-0.2, -0.15) is 9.97 Å². The van der Waals surface area contributed by atoms with Crippen LogP contribution in [0.5, 0.6) is 0 Å². The summed E-state index contributed by atoms with van der Waals surface area (Å²) in [5, 5.41) is 12.4. The first-order valence-electron chi connectivity index (χ1n) is 7.25. The highest BCUT2D eigenvalue weighted by molar-refractivity contribution is 5.81. The monoisotopic (exact) mass is 323 g/mol. The summed E-state index contributed by atoms with van der Waals surface area (Å²) >= 11 is 0. The van der Waals surface area contributed by atoms with Gasteiger partial charge < -0.3 is 21.9 Å². The van der Waals surface area contributed by atoms with E-state index in [1.165, 1.54) is 0 Å². The fraction of sp³-hybridized carbons (Fsp3) is 0.125. The Balaban J connectivity index is 1.72. The summed E-state index contributed by atoms with van der Waals surface area (Å²) in [4.78, 5) is 16.5. The van der Waals surface area contributed by atoms with Crippen molar-refractivity contribution in [2.45, 2.75) is 13.0 Å². The van der Waals surface area contributed by atoms with Gasteiger partial charge in [0, 0.05) is 12.1 Å². The number of hydrogen-bond acceptors (Lipinski definition) is 8. The van der Waals surface area contributed by atoms with Crippen LogP contribution in [0.15, 0.2) is 42.8 Å². The van der Waals surface area contributed by atoms with Gasteiger partial charge in [0.05, 0.1) is 24.2 Å². The Hall–Kier alpha value is -3.42. The van der Waals surface area contributed by atoms with E-state index in [2.05, 4.69) is 31.8 Å². The molecule has 2 heterocycles. The van der Waals surface area contributed by atoms with Crippen molar-refractivity contribution in [1.29, 1.82) is 0 Å². The van der Waals surface area contributed by atoms with Crippen LogP contribution in [0.3, 0.4) is 0 Å². The fourth-order valence-corrected chi connectivity index (χ4v) is 2.24. The second-order valence-electron chi connectivity index (χ2n) is 5.29. The van der Waals surface area contributed by atoms with Gasteiger partial charge in [-0.1, -0.05) is 18.7 Å². The molecule has 3 rings (SSSR count). The summed E-state index contributed by atoms with van der Waals surface area (Å²) in [7, 11) is 0. The lowest BCUT2D eigenvalue weighted by Gasteiger charge is -2.08. The predicted molar refractivity (Wildman–Crippen MR) is 93.2 cm³/mol. The quantitative estimate of drug-likeness (QED) is 0.522. The second-order valence-corrected chi connectivity index (χ2v) is 5.29. The number of nitrogen functional groups attached to an aromatic ring is 2. The Bertz CT molecular complexity index is 893. The SMILES string of the molecule is C=C(O)Cc1ccc(NCc2cnc3nc(N)nc(N)c3n2)cc1. The molecule has 1 aromatic carbocycles. The molecule has 0 atom stereocenters. The number of aliphatic hydroxyl groups is 1. The van der Waals surface area contributed by atoms with Crippen LogP contribution in [0.25, 0.3) is 11.2 Å². The first-order valence-corrected chi connectivity index (χ1v) is 7.25. The molecule has 0 spiro atoms. The van der Waals surface area contributed by atoms with Gasteiger partial charge >= 0.3 is 0 Å². The van der Waals surface area contributed by atoms with E-state index in [9.17, 15) is 5.11 Å². The van der Waals surface area contributed by atoms with E-state index in [1.54, 1.807) is 6.20 Å². The average molecular weight is 323 g/mol. The van der Waals surface area contributed by atoms with E-state index in [1.807, 2.05) is 24.3 Å². The molecule has 0 amide bonds. The number of fused-ring (bicyclic) bond motifs is 1. The minimum absolute atomic E-state index is 0.0748. The topological polar surface area (TPSA) is 136 Å². The number of aliphatic hydroxyl groups excluding tert-OH is 1. The van der Waals surface area contributed by atoms with E-state index in [0.29, 0.717) is 29.8 Å². The van der Waals surface area contributed by atoms with Crippen LogP contribution in [0.2, 0.25) is 0 Å². The van der Waals surface area contributed by atoms with Crippen LogP contribution >= 0.6 is 0 Å². The number of nitrogens with two attached hydrogens (primary N) is 2. The number of hydrogen-bond donors (Lipinski definition) is 4. The van der Waals surface area contributed by atoms with Gasteiger partial charge in [-0.3, -0.25) is 0 Å². The number of allylic oxidation sites excluding steroid dienone is 1. The van der Waals surface area contributed by atoms with Crippen LogP contribution < -0.4 is 16.8 Å². The Labute approximate surface area is 138 Å². The predicted octanol–water partition coefficient (Wildman–Crippen LogP) is 1.81. The molecule has 8 nitrogen and oxygen atoms in total. The normalized spacial score (nSPS) is 10.7. The standard InChI is InChI=1S/C16H17N7O/c1-9(24)6-10-2-4-11(5-3-10)19-7-12-8-20-15-13(21-12)14(17)22-16(18)23-15/h2-5,8,19,24H,1,6-7H2,(H4,17,18,20,22,23). The molecule has 0 saturated carbocycles. The van der Waals surface area contributed by atoms with E-state index in [4.69, 9.17) is 11.5 Å². The van der Waals surface area contributed by atoms with Gasteiger partial charge in [0.15, 0.2) is 17.0 Å². The van der Waals surface area contributed by atoms with Gasteiger partial charge in [-0.15, -0.1) is 0 Å². The molecule has 0 aliphatic heterocycles. The molecular weight excluding hydrogens is 306 g/mol. The van der Waals surface area contributed by atoms with Gasteiger partial charge in [0.25, 0.3) is 0 Å². The number of nitrogens with one attached hydrogen (secondary N) is 1. The molecule has 0 saturated heterocycles. The minimum atomic E-state index is 0.0748. The molecule has 0 radical (unpaired) electrons. The van der Waals surface area contributed by atoms with E-state index in [-0.39, 0.29) is 17.5 Å². The van der Waals surface area contributed by atoms with E-state index < -0.39 is 0 Å². The van der Waals surface area contributed by atoms with Crippen molar-refractivity contribution in [2.24, 2.45) is 0 Å². The highest BCUT2D eigenvalue weighted by atomic mass is 16.3. The summed E-state index contributed by atoms with van der Waals surface area (Å²) < 4.78 is 0. The Morgan fingerprint density at radius 1 is 1.12 bits per heavy atom. The lowest BCUT2D eigenvalue weighted by molar-refractivity contribution is 0.401. The Morgan fingerprint density at radius 3 is 2.58 bits per heavy atom.